The fraction of sp³-hybridized carbons (Fsp3) is 0.783. The van der Waals surface area contributed by atoms with Crippen molar-refractivity contribution < 1.29 is 77.2 Å². The second-order valence-electron chi connectivity index (χ2n) is 8.53. The first-order valence-electron chi connectivity index (χ1n) is 11.8. The molecule has 8 unspecified atom stereocenters. The number of rotatable bonds is 15. The minimum atomic E-state index is -2.20. The van der Waals surface area contributed by atoms with E-state index in [9.17, 15) is 39.3 Å². The van der Waals surface area contributed by atoms with E-state index in [1.54, 1.807) is 0 Å². The maximum atomic E-state index is 11.8. The Morgan fingerprint density at radius 3 is 1.77 bits per heavy atom. The van der Waals surface area contributed by atoms with Gasteiger partial charge in [0.05, 0.1) is 13.2 Å². The highest BCUT2D eigenvalue weighted by Crippen LogP contribution is 2.37. The van der Waals surface area contributed by atoms with Crippen molar-refractivity contribution in [3.05, 3.63) is 0 Å². The lowest BCUT2D eigenvalue weighted by Gasteiger charge is -2.35. The lowest BCUT2D eigenvalue weighted by molar-refractivity contribution is -0.315. The Balaban J connectivity index is 3.24. The van der Waals surface area contributed by atoms with Gasteiger partial charge in [0.1, 0.15) is 24.9 Å². The Morgan fingerprint density at radius 2 is 1.33 bits per heavy atom. The summed E-state index contributed by atoms with van der Waals surface area (Å²) in [4.78, 5) is 58.4. The largest absolute Gasteiger partial charge is 0.459 e. The van der Waals surface area contributed by atoms with Gasteiger partial charge in [-0.15, -0.1) is 0 Å². The molecule has 0 aliphatic carbocycles. The van der Waals surface area contributed by atoms with Gasteiger partial charge in [0.25, 0.3) is 0 Å². The Hall–Kier alpha value is -2.89. The molecular formula is C23H36O16. The summed E-state index contributed by atoms with van der Waals surface area (Å²) in [5.41, 5.74) is 0. The normalized spacial score (nSPS) is 25.5. The van der Waals surface area contributed by atoms with Crippen LogP contribution >= 0.6 is 0 Å². The molecule has 1 fully saturated rings. The van der Waals surface area contributed by atoms with Gasteiger partial charge < -0.3 is 53.2 Å². The number of hydrogen-bond donors (Lipinski definition) is 3. The smallest absolute Gasteiger partial charge is 0.303 e. The first kappa shape index (κ1) is 34.1. The molecule has 0 aromatic carbocycles. The third-order valence-corrected chi connectivity index (χ3v) is 5.32. The van der Waals surface area contributed by atoms with Gasteiger partial charge in [0.15, 0.2) is 31.2 Å². The van der Waals surface area contributed by atoms with Gasteiger partial charge in [-0.2, -0.15) is 0 Å². The number of hydrogen-bond acceptors (Lipinski definition) is 16. The van der Waals surface area contributed by atoms with Crippen LogP contribution in [0.4, 0.5) is 0 Å². The molecule has 0 amide bonds. The first-order chi connectivity index (χ1) is 18.2. The van der Waals surface area contributed by atoms with E-state index < -0.39 is 105 Å². The number of aliphatic hydroxyl groups excluding tert-OH is 3. The molecular weight excluding hydrogens is 532 g/mol. The van der Waals surface area contributed by atoms with Gasteiger partial charge in [-0.1, -0.05) is 0 Å². The zero-order chi connectivity index (χ0) is 29.9. The fourth-order valence-corrected chi connectivity index (χ4v) is 3.90. The van der Waals surface area contributed by atoms with Gasteiger partial charge in [0.2, 0.25) is 5.79 Å². The zero-order valence-electron chi connectivity index (χ0n) is 22.5. The Morgan fingerprint density at radius 1 is 0.795 bits per heavy atom. The molecule has 3 N–H and O–H groups in total. The molecule has 1 heterocycles. The molecule has 0 bridgehead atoms. The summed E-state index contributed by atoms with van der Waals surface area (Å²) >= 11 is 0. The Kier molecular flexibility index (Phi) is 13.7. The number of ether oxygens (including phenoxy) is 8. The second-order valence-corrected chi connectivity index (χ2v) is 8.53. The van der Waals surface area contributed by atoms with Gasteiger partial charge in [-0.3, -0.25) is 24.0 Å². The third-order valence-electron chi connectivity index (χ3n) is 5.32. The quantitative estimate of drug-likeness (QED) is 0.111. The van der Waals surface area contributed by atoms with Crippen LogP contribution in [0.3, 0.4) is 0 Å². The van der Waals surface area contributed by atoms with Crippen LogP contribution in [0.1, 0.15) is 41.5 Å². The summed E-state index contributed by atoms with van der Waals surface area (Å²) in [6, 6.07) is 0. The van der Waals surface area contributed by atoms with Gasteiger partial charge in [-0.05, 0) is 6.92 Å². The van der Waals surface area contributed by atoms with Crippen molar-refractivity contribution >= 4 is 29.8 Å². The molecule has 8 atom stereocenters. The zero-order valence-corrected chi connectivity index (χ0v) is 22.5. The van der Waals surface area contributed by atoms with Crippen LogP contribution in [0.25, 0.3) is 0 Å². The molecule has 0 aromatic heterocycles. The molecule has 1 aliphatic heterocycles. The second kappa shape index (κ2) is 15.6. The maximum absolute atomic E-state index is 11.8. The summed E-state index contributed by atoms with van der Waals surface area (Å²) in [6.07, 6.45) is -9.76. The molecule has 0 saturated carbocycles. The van der Waals surface area contributed by atoms with Crippen LogP contribution in [0.5, 0.6) is 0 Å². The van der Waals surface area contributed by atoms with E-state index in [0.717, 1.165) is 34.6 Å². The molecule has 0 spiro atoms. The average molecular weight is 569 g/mol. The van der Waals surface area contributed by atoms with Crippen molar-refractivity contribution in [1.29, 1.82) is 0 Å². The molecule has 16 heteroatoms. The standard InChI is InChI=1S/C23H36O16/c1-11(34-12(2)27)19(35-13(3)28)20(36-14(4)29)17(7-24)32-10-33-23(9-26)22(38-16(6)31)21(37-15(5)30)18(8-25)39-23/h11,17-22,24-26H,7-10H2,1-6H3. The van der Waals surface area contributed by atoms with Crippen LogP contribution in [-0.4, -0.2) is 120 Å². The molecule has 0 radical (unpaired) electrons. The SMILES string of the molecule is CC(=O)OC(C)C(OC(C)=O)C(OC(C)=O)C(CO)OCOC1(CO)OC(CO)C(OC(C)=O)C1OC(C)=O. The lowest BCUT2D eigenvalue weighted by atomic mass is 10.0. The average Bonchev–Trinajstić information content (AvgIpc) is 3.10. The Labute approximate surface area is 224 Å². The van der Waals surface area contributed by atoms with E-state index in [4.69, 9.17) is 37.9 Å². The summed E-state index contributed by atoms with van der Waals surface area (Å²) in [5.74, 6) is -6.26. The van der Waals surface area contributed by atoms with Gasteiger partial charge in [-0.25, -0.2) is 0 Å². The monoisotopic (exact) mass is 568 g/mol. The van der Waals surface area contributed by atoms with E-state index in [1.807, 2.05) is 0 Å². The number of esters is 5. The number of aliphatic hydroxyl groups is 3. The van der Waals surface area contributed by atoms with E-state index in [2.05, 4.69) is 0 Å². The van der Waals surface area contributed by atoms with E-state index in [0.29, 0.717) is 0 Å². The molecule has 224 valence electrons. The van der Waals surface area contributed by atoms with Crippen LogP contribution in [0.15, 0.2) is 0 Å². The van der Waals surface area contributed by atoms with E-state index >= 15 is 0 Å². The molecule has 39 heavy (non-hydrogen) atoms. The minimum Gasteiger partial charge on any atom is -0.459 e. The van der Waals surface area contributed by atoms with Gasteiger partial charge in [0, 0.05) is 34.6 Å². The Bertz CT molecular complexity index is 861. The van der Waals surface area contributed by atoms with Crippen molar-refractivity contribution in [2.75, 3.05) is 26.6 Å². The van der Waals surface area contributed by atoms with Crippen LogP contribution in [-0.2, 0) is 61.9 Å². The molecule has 1 saturated heterocycles. The third kappa shape index (κ3) is 9.98. The summed E-state index contributed by atoms with van der Waals surface area (Å²) in [6.45, 7) is 3.33. The molecule has 0 aromatic rings. The summed E-state index contributed by atoms with van der Waals surface area (Å²) in [7, 11) is 0. The van der Waals surface area contributed by atoms with Crippen LogP contribution in [0, 0.1) is 0 Å². The lowest BCUT2D eigenvalue weighted by Crippen LogP contribution is -2.54. The molecule has 1 aliphatic rings. The topological polar surface area (TPSA) is 220 Å². The highest BCUT2D eigenvalue weighted by molar-refractivity contribution is 5.68. The first-order valence-corrected chi connectivity index (χ1v) is 11.8. The van der Waals surface area contributed by atoms with Crippen molar-refractivity contribution in [3.63, 3.8) is 0 Å². The van der Waals surface area contributed by atoms with Crippen molar-refractivity contribution in [2.24, 2.45) is 0 Å². The van der Waals surface area contributed by atoms with E-state index in [-0.39, 0.29) is 0 Å². The minimum absolute atomic E-state index is 0.715. The van der Waals surface area contributed by atoms with Gasteiger partial charge >= 0.3 is 29.8 Å². The maximum Gasteiger partial charge on any atom is 0.303 e. The summed E-state index contributed by atoms with van der Waals surface area (Å²) in [5, 5.41) is 29.8. The van der Waals surface area contributed by atoms with Crippen molar-refractivity contribution in [2.45, 2.75) is 90.1 Å². The number of carbonyl (C=O) groups excluding carboxylic acids is 5. The van der Waals surface area contributed by atoms with Crippen molar-refractivity contribution in [1.82, 2.24) is 0 Å². The predicted molar refractivity (Wildman–Crippen MR) is 123 cm³/mol. The molecule has 1 rings (SSSR count). The number of carbonyl (C=O) groups is 5. The predicted octanol–water partition coefficient (Wildman–Crippen LogP) is -1.90. The highest BCUT2D eigenvalue weighted by Gasteiger charge is 2.60. The molecule has 16 nitrogen and oxygen atoms in total. The highest BCUT2D eigenvalue weighted by atomic mass is 16.8. The van der Waals surface area contributed by atoms with Crippen molar-refractivity contribution in [3.8, 4) is 0 Å². The fourth-order valence-electron chi connectivity index (χ4n) is 3.90. The van der Waals surface area contributed by atoms with Crippen LogP contribution in [0.2, 0.25) is 0 Å². The summed E-state index contributed by atoms with van der Waals surface area (Å²) < 4.78 is 42.4. The van der Waals surface area contributed by atoms with Crippen LogP contribution < -0.4 is 0 Å². The van der Waals surface area contributed by atoms with E-state index in [1.165, 1.54) is 6.92 Å².